The van der Waals surface area contributed by atoms with Crippen molar-refractivity contribution in [3.63, 3.8) is 0 Å². The minimum Gasteiger partial charge on any atom is -0.497 e. The van der Waals surface area contributed by atoms with Gasteiger partial charge in [-0.1, -0.05) is 12.1 Å². The fraction of sp³-hybridized carbons (Fsp3) is 0.455. The highest BCUT2D eigenvalue weighted by Crippen LogP contribution is 2.17. The largest absolute Gasteiger partial charge is 0.497 e. The monoisotopic (exact) mass is 227 g/mol. The van der Waals surface area contributed by atoms with Gasteiger partial charge in [-0.05, 0) is 24.7 Å². The summed E-state index contributed by atoms with van der Waals surface area (Å²) in [6, 6.07) is 7.96. The van der Waals surface area contributed by atoms with Gasteiger partial charge in [0.15, 0.2) is 0 Å². The molecule has 4 heteroatoms. The van der Waals surface area contributed by atoms with Crippen LogP contribution in [0.3, 0.4) is 0 Å². The van der Waals surface area contributed by atoms with Crippen LogP contribution in [0.15, 0.2) is 24.3 Å². The summed E-state index contributed by atoms with van der Waals surface area (Å²) in [5.41, 5.74) is 1.13. The van der Waals surface area contributed by atoms with Gasteiger partial charge >= 0.3 is 0 Å². The number of rotatable bonds is 5. The molecule has 1 rings (SSSR count). The number of hydrogen-bond acceptors (Lipinski definition) is 3. The van der Waals surface area contributed by atoms with Crippen LogP contribution in [0.5, 0.6) is 5.75 Å². The summed E-state index contributed by atoms with van der Waals surface area (Å²) in [5.74, 6) is 1.47. The standard InChI is InChI=1S/C11H17NO2S/c1-12-11(8-15(3)13)9-4-6-10(14-2)7-5-9/h4-7,11-12H,8H2,1-3H3. The molecule has 0 radical (unpaired) electrons. The van der Waals surface area contributed by atoms with Gasteiger partial charge in [-0.25, -0.2) is 0 Å². The number of hydrogen-bond donors (Lipinski definition) is 1. The summed E-state index contributed by atoms with van der Waals surface area (Å²) >= 11 is 0. The summed E-state index contributed by atoms with van der Waals surface area (Å²) in [5, 5.41) is 3.15. The maximum absolute atomic E-state index is 11.2. The van der Waals surface area contributed by atoms with E-state index in [1.807, 2.05) is 31.3 Å². The van der Waals surface area contributed by atoms with Crippen molar-refractivity contribution in [2.24, 2.45) is 0 Å². The SMILES string of the molecule is CNC(CS(C)=O)c1ccc(OC)cc1. The minimum atomic E-state index is -0.797. The molecular weight excluding hydrogens is 210 g/mol. The van der Waals surface area contributed by atoms with Crippen LogP contribution in [0.2, 0.25) is 0 Å². The summed E-state index contributed by atoms with van der Waals surface area (Å²) in [6.07, 6.45) is 1.72. The Kier molecular flexibility index (Phi) is 4.78. The van der Waals surface area contributed by atoms with Crippen molar-refractivity contribution in [2.75, 3.05) is 26.2 Å². The van der Waals surface area contributed by atoms with Crippen molar-refractivity contribution in [1.29, 1.82) is 0 Å². The molecule has 1 N–H and O–H groups in total. The number of benzene rings is 1. The van der Waals surface area contributed by atoms with E-state index in [-0.39, 0.29) is 6.04 Å². The molecule has 84 valence electrons. The molecule has 0 amide bonds. The van der Waals surface area contributed by atoms with Gasteiger partial charge in [0.2, 0.25) is 0 Å². The third kappa shape index (κ3) is 3.64. The Morgan fingerprint density at radius 1 is 1.40 bits per heavy atom. The lowest BCUT2D eigenvalue weighted by Crippen LogP contribution is -2.22. The smallest absolute Gasteiger partial charge is 0.118 e. The Bertz CT molecular complexity index is 324. The predicted molar refractivity (Wildman–Crippen MR) is 63.7 cm³/mol. The van der Waals surface area contributed by atoms with E-state index in [0.29, 0.717) is 5.75 Å². The topological polar surface area (TPSA) is 38.3 Å². The molecule has 0 bridgehead atoms. The van der Waals surface area contributed by atoms with Gasteiger partial charge < -0.3 is 10.1 Å². The summed E-state index contributed by atoms with van der Waals surface area (Å²) < 4.78 is 16.2. The fourth-order valence-electron chi connectivity index (χ4n) is 1.42. The zero-order valence-electron chi connectivity index (χ0n) is 9.32. The molecule has 2 atom stereocenters. The highest BCUT2D eigenvalue weighted by atomic mass is 32.2. The van der Waals surface area contributed by atoms with Crippen LogP contribution in [0, 0.1) is 0 Å². The Morgan fingerprint density at radius 3 is 2.40 bits per heavy atom. The second kappa shape index (κ2) is 5.88. The predicted octanol–water partition coefficient (Wildman–Crippen LogP) is 1.33. The van der Waals surface area contributed by atoms with Crippen molar-refractivity contribution < 1.29 is 8.95 Å². The van der Waals surface area contributed by atoms with E-state index in [9.17, 15) is 4.21 Å². The molecule has 0 heterocycles. The molecule has 0 aromatic heterocycles. The van der Waals surface area contributed by atoms with E-state index in [0.717, 1.165) is 11.3 Å². The van der Waals surface area contributed by atoms with Gasteiger partial charge in [0, 0.05) is 28.9 Å². The first-order chi connectivity index (χ1) is 7.17. The van der Waals surface area contributed by atoms with Crippen molar-refractivity contribution in [1.82, 2.24) is 5.32 Å². The molecule has 0 fully saturated rings. The minimum absolute atomic E-state index is 0.140. The molecule has 1 aromatic rings. The molecular formula is C11H17NO2S. The summed E-state index contributed by atoms with van der Waals surface area (Å²) in [4.78, 5) is 0. The molecule has 0 aliphatic carbocycles. The second-order valence-electron chi connectivity index (χ2n) is 3.35. The lowest BCUT2D eigenvalue weighted by Gasteiger charge is -2.15. The molecule has 3 nitrogen and oxygen atoms in total. The first kappa shape index (κ1) is 12.2. The second-order valence-corrected chi connectivity index (χ2v) is 4.83. The van der Waals surface area contributed by atoms with Crippen LogP contribution in [-0.2, 0) is 10.8 Å². The third-order valence-corrected chi connectivity index (χ3v) is 3.07. The highest BCUT2D eigenvalue weighted by Gasteiger charge is 2.10. The van der Waals surface area contributed by atoms with Crippen LogP contribution < -0.4 is 10.1 Å². The van der Waals surface area contributed by atoms with Gasteiger partial charge in [0.25, 0.3) is 0 Å². The van der Waals surface area contributed by atoms with E-state index in [2.05, 4.69) is 5.32 Å². The third-order valence-electron chi connectivity index (χ3n) is 2.27. The quantitative estimate of drug-likeness (QED) is 0.825. The van der Waals surface area contributed by atoms with Crippen LogP contribution in [0.4, 0.5) is 0 Å². The Labute approximate surface area is 93.3 Å². The lowest BCUT2D eigenvalue weighted by molar-refractivity contribution is 0.414. The zero-order valence-corrected chi connectivity index (χ0v) is 10.1. The van der Waals surface area contributed by atoms with Gasteiger partial charge in [0.1, 0.15) is 5.75 Å². The summed E-state index contributed by atoms with van der Waals surface area (Å²) in [6.45, 7) is 0. The number of methoxy groups -OCH3 is 1. The Balaban J connectivity index is 2.78. The maximum atomic E-state index is 11.2. The van der Waals surface area contributed by atoms with E-state index < -0.39 is 10.8 Å². The van der Waals surface area contributed by atoms with Gasteiger partial charge in [0.05, 0.1) is 7.11 Å². The van der Waals surface area contributed by atoms with Crippen LogP contribution in [0.1, 0.15) is 11.6 Å². The first-order valence-corrected chi connectivity index (χ1v) is 6.51. The molecule has 0 saturated heterocycles. The molecule has 2 unspecified atom stereocenters. The Hall–Kier alpha value is -0.870. The van der Waals surface area contributed by atoms with Crippen molar-refractivity contribution in [3.05, 3.63) is 29.8 Å². The van der Waals surface area contributed by atoms with Crippen molar-refractivity contribution >= 4 is 10.8 Å². The Morgan fingerprint density at radius 2 is 2.00 bits per heavy atom. The van der Waals surface area contributed by atoms with Crippen LogP contribution in [0.25, 0.3) is 0 Å². The van der Waals surface area contributed by atoms with Gasteiger partial charge in [-0.3, -0.25) is 4.21 Å². The van der Waals surface area contributed by atoms with E-state index >= 15 is 0 Å². The van der Waals surface area contributed by atoms with E-state index in [4.69, 9.17) is 4.74 Å². The fourth-order valence-corrected chi connectivity index (χ4v) is 2.25. The molecule has 15 heavy (non-hydrogen) atoms. The normalized spacial score (nSPS) is 14.6. The van der Waals surface area contributed by atoms with Crippen molar-refractivity contribution in [2.45, 2.75) is 6.04 Å². The van der Waals surface area contributed by atoms with E-state index in [1.54, 1.807) is 13.4 Å². The van der Waals surface area contributed by atoms with Crippen LogP contribution in [-0.4, -0.2) is 30.4 Å². The van der Waals surface area contributed by atoms with Crippen LogP contribution >= 0.6 is 0 Å². The maximum Gasteiger partial charge on any atom is 0.118 e. The lowest BCUT2D eigenvalue weighted by atomic mass is 10.1. The van der Waals surface area contributed by atoms with Gasteiger partial charge in [-0.2, -0.15) is 0 Å². The molecule has 0 aliphatic rings. The molecule has 1 aromatic carbocycles. The highest BCUT2D eigenvalue weighted by molar-refractivity contribution is 7.84. The van der Waals surface area contributed by atoms with Gasteiger partial charge in [-0.15, -0.1) is 0 Å². The number of ether oxygens (including phenoxy) is 1. The molecule has 0 aliphatic heterocycles. The number of nitrogens with one attached hydrogen (secondary N) is 1. The van der Waals surface area contributed by atoms with Crippen molar-refractivity contribution in [3.8, 4) is 5.75 Å². The molecule has 0 saturated carbocycles. The zero-order chi connectivity index (χ0) is 11.3. The average Bonchev–Trinajstić information content (AvgIpc) is 2.26. The average molecular weight is 227 g/mol. The summed E-state index contributed by atoms with van der Waals surface area (Å²) in [7, 11) is 2.72. The molecule has 0 spiro atoms. The van der Waals surface area contributed by atoms with E-state index in [1.165, 1.54) is 0 Å². The first-order valence-electron chi connectivity index (χ1n) is 4.78.